The molecule has 164 valence electrons. The number of anilines is 1. The molecule has 0 atom stereocenters. The number of urea groups is 1. The van der Waals surface area contributed by atoms with Crippen LogP contribution >= 0.6 is 0 Å². The van der Waals surface area contributed by atoms with Gasteiger partial charge in [-0.3, -0.25) is 14.8 Å². The summed E-state index contributed by atoms with van der Waals surface area (Å²) in [6.07, 6.45) is 1.31. The van der Waals surface area contributed by atoms with Crippen molar-refractivity contribution >= 4 is 17.7 Å². The minimum absolute atomic E-state index is 0.0983. The molecule has 2 aromatic rings. The van der Waals surface area contributed by atoms with Gasteiger partial charge in [0, 0.05) is 38.1 Å². The van der Waals surface area contributed by atoms with E-state index < -0.39 is 5.97 Å². The quantitative estimate of drug-likeness (QED) is 0.754. The number of rotatable bonds is 6. The molecule has 1 aromatic carbocycles. The van der Waals surface area contributed by atoms with Gasteiger partial charge in [0.15, 0.2) is 0 Å². The Labute approximate surface area is 180 Å². The zero-order valence-electron chi connectivity index (χ0n) is 17.4. The molecule has 0 radical (unpaired) electrons. The van der Waals surface area contributed by atoms with Crippen molar-refractivity contribution in [3.8, 4) is 5.75 Å². The highest BCUT2D eigenvalue weighted by molar-refractivity contribution is 5.92. The van der Waals surface area contributed by atoms with Crippen LogP contribution in [0.25, 0.3) is 0 Å². The number of amides is 2. The van der Waals surface area contributed by atoms with Gasteiger partial charge in [0.05, 0.1) is 44.2 Å². The molecule has 9 heteroatoms. The number of aromatic nitrogens is 1. The number of hydrogen-bond donors (Lipinski definition) is 1. The van der Waals surface area contributed by atoms with E-state index in [1.165, 1.54) is 12.3 Å². The molecule has 2 aliphatic heterocycles. The molecule has 31 heavy (non-hydrogen) atoms. The number of nitrogens with zero attached hydrogens (tertiary/aromatic N) is 4. The minimum atomic E-state index is -1.03. The molecule has 0 spiro atoms. The molecule has 2 saturated heterocycles. The number of piperazine rings is 1. The number of carbonyl (C=O) groups excluding carboxylic acids is 1. The summed E-state index contributed by atoms with van der Waals surface area (Å²) in [6.45, 7) is 4.71. The fraction of sp³-hybridized carbons (Fsp3) is 0.409. The highest BCUT2D eigenvalue weighted by Gasteiger charge is 2.32. The van der Waals surface area contributed by atoms with E-state index in [1.807, 2.05) is 29.2 Å². The van der Waals surface area contributed by atoms with Crippen LogP contribution in [0.5, 0.6) is 5.75 Å². The Morgan fingerprint density at radius 1 is 1.13 bits per heavy atom. The van der Waals surface area contributed by atoms with Crippen LogP contribution in [0.15, 0.2) is 42.6 Å². The molecule has 2 aliphatic rings. The normalized spacial score (nSPS) is 17.1. The van der Waals surface area contributed by atoms with E-state index in [0.29, 0.717) is 30.6 Å². The van der Waals surface area contributed by atoms with Crippen LogP contribution in [0.2, 0.25) is 0 Å². The Kier molecular flexibility index (Phi) is 6.34. The molecule has 0 bridgehead atoms. The Bertz CT molecular complexity index is 907. The van der Waals surface area contributed by atoms with E-state index >= 15 is 0 Å². The van der Waals surface area contributed by atoms with Gasteiger partial charge in [-0.25, -0.2) is 9.59 Å². The first kappa shape index (κ1) is 21.1. The van der Waals surface area contributed by atoms with Crippen molar-refractivity contribution in [2.75, 3.05) is 51.4 Å². The molecule has 9 nitrogen and oxygen atoms in total. The number of benzene rings is 1. The number of methoxy groups -OCH3 is 1. The van der Waals surface area contributed by atoms with Crippen molar-refractivity contribution in [1.82, 2.24) is 14.8 Å². The van der Waals surface area contributed by atoms with E-state index in [4.69, 9.17) is 14.6 Å². The first-order chi connectivity index (χ1) is 15.0. The molecular formula is C22H26N4O5. The van der Waals surface area contributed by atoms with Gasteiger partial charge in [-0.1, -0.05) is 0 Å². The lowest BCUT2D eigenvalue weighted by Crippen LogP contribution is -2.59. The van der Waals surface area contributed by atoms with Crippen molar-refractivity contribution in [3.63, 3.8) is 0 Å². The Morgan fingerprint density at radius 2 is 1.84 bits per heavy atom. The molecule has 4 rings (SSSR count). The number of pyridine rings is 1. The van der Waals surface area contributed by atoms with Crippen molar-refractivity contribution in [1.29, 1.82) is 0 Å². The predicted octanol–water partition coefficient (Wildman–Crippen LogP) is 1.93. The molecular weight excluding hydrogens is 400 g/mol. The van der Waals surface area contributed by atoms with Gasteiger partial charge in [-0.2, -0.15) is 0 Å². The molecule has 0 unspecified atom stereocenters. The zero-order chi connectivity index (χ0) is 21.8. The van der Waals surface area contributed by atoms with E-state index in [2.05, 4.69) is 9.88 Å². The number of aromatic carboxylic acids is 1. The fourth-order valence-corrected chi connectivity index (χ4v) is 3.72. The number of ether oxygens (including phenoxy) is 2. The summed E-state index contributed by atoms with van der Waals surface area (Å²) < 4.78 is 10.5. The standard InChI is InChI=1S/C22H26N4O5/c1-30-20-6-4-18(5-7-20)26(13-17-3-2-16(12-23-17)21(27)28)22(29)25-10-8-24(9-11-25)19-14-31-15-19/h2-7,12,19H,8-11,13-15H2,1H3,(H,27,28). The Balaban J connectivity index is 1.51. The first-order valence-corrected chi connectivity index (χ1v) is 10.3. The lowest BCUT2D eigenvalue weighted by atomic mass is 10.2. The van der Waals surface area contributed by atoms with Crippen molar-refractivity contribution in [2.45, 2.75) is 12.6 Å². The molecule has 0 aliphatic carbocycles. The Hall–Kier alpha value is -3.17. The number of carboxylic acids is 1. The second kappa shape index (κ2) is 9.32. The molecule has 0 saturated carbocycles. The molecule has 3 heterocycles. The summed E-state index contributed by atoms with van der Waals surface area (Å²) in [4.78, 5) is 34.7. The van der Waals surface area contributed by atoms with Gasteiger partial charge in [0.25, 0.3) is 0 Å². The minimum Gasteiger partial charge on any atom is -0.497 e. The topological polar surface area (TPSA) is 95.4 Å². The second-order valence-corrected chi connectivity index (χ2v) is 7.62. The largest absolute Gasteiger partial charge is 0.497 e. The molecule has 1 N–H and O–H groups in total. The summed E-state index contributed by atoms with van der Waals surface area (Å²) in [6, 6.07) is 10.8. The highest BCUT2D eigenvalue weighted by atomic mass is 16.5. The molecule has 2 amide bonds. The maximum atomic E-state index is 13.4. The van der Waals surface area contributed by atoms with E-state index in [-0.39, 0.29) is 18.1 Å². The van der Waals surface area contributed by atoms with Crippen molar-refractivity contribution in [2.24, 2.45) is 0 Å². The first-order valence-electron chi connectivity index (χ1n) is 10.3. The molecule has 1 aromatic heterocycles. The zero-order valence-corrected chi connectivity index (χ0v) is 17.4. The third kappa shape index (κ3) is 4.78. The summed E-state index contributed by atoms with van der Waals surface area (Å²) in [7, 11) is 1.60. The van der Waals surface area contributed by atoms with Crippen LogP contribution in [0.1, 0.15) is 16.1 Å². The van der Waals surface area contributed by atoms with Gasteiger partial charge in [-0.05, 0) is 36.4 Å². The highest BCUT2D eigenvalue weighted by Crippen LogP contribution is 2.23. The van der Waals surface area contributed by atoms with Gasteiger partial charge in [-0.15, -0.1) is 0 Å². The van der Waals surface area contributed by atoms with Crippen LogP contribution in [-0.2, 0) is 11.3 Å². The third-order valence-electron chi connectivity index (χ3n) is 5.73. The van der Waals surface area contributed by atoms with Crippen molar-refractivity contribution < 1.29 is 24.2 Å². The number of carbonyl (C=O) groups is 2. The smallest absolute Gasteiger partial charge is 0.337 e. The lowest BCUT2D eigenvalue weighted by Gasteiger charge is -2.43. The predicted molar refractivity (Wildman–Crippen MR) is 114 cm³/mol. The van der Waals surface area contributed by atoms with Crippen molar-refractivity contribution in [3.05, 3.63) is 53.9 Å². The summed E-state index contributed by atoms with van der Waals surface area (Å²) in [5.41, 5.74) is 1.45. The average molecular weight is 426 g/mol. The van der Waals surface area contributed by atoms with Gasteiger partial charge in [0.1, 0.15) is 5.75 Å². The third-order valence-corrected chi connectivity index (χ3v) is 5.73. The summed E-state index contributed by atoms with van der Waals surface area (Å²) in [5.74, 6) is -0.326. The van der Waals surface area contributed by atoms with Crippen LogP contribution < -0.4 is 9.64 Å². The average Bonchev–Trinajstić information content (AvgIpc) is 2.77. The second-order valence-electron chi connectivity index (χ2n) is 7.62. The lowest BCUT2D eigenvalue weighted by molar-refractivity contribution is -0.0738. The summed E-state index contributed by atoms with van der Waals surface area (Å²) >= 11 is 0. The summed E-state index contributed by atoms with van der Waals surface area (Å²) in [5, 5.41) is 9.09. The monoisotopic (exact) mass is 426 g/mol. The maximum absolute atomic E-state index is 13.4. The number of carboxylic acid groups (broad SMARTS) is 1. The molecule has 2 fully saturated rings. The Morgan fingerprint density at radius 3 is 2.35 bits per heavy atom. The van der Waals surface area contributed by atoms with Gasteiger partial charge < -0.3 is 19.5 Å². The van der Waals surface area contributed by atoms with Crippen LogP contribution in [-0.4, -0.2) is 84.4 Å². The van der Waals surface area contributed by atoms with Crippen LogP contribution in [0.3, 0.4) is 0 Å². The van der Waals surface area contributed by atoms with E-state index in [9.17, 15) is 9.59 Å². The van der Waals surface area contributed by atoms with Gasteiger partial charge in [0.2, 0.25) is 0 Å². The van der Waals surface area contributed by atoms with E-state index in [0.717, 1.165) is 32.0 Å². The maximum Gasteiger partial charge on any atom is 0.337 e. The van der Waals surface area contributed by atoms with Crippen LogP contribution in [0.4, 0.5) is 10.5 Å². The SMILES string of the molecule is COc1ccc(N(Cc2ccc(C(=O)O)cn2)C(=O)N2CCN(C3COC3)CC2)cc1. The van der Waals surface area contributed by atoms with Gasteiger partial charge >= 0.3 is 12.0 Å². The van der Waals surface area contributed by atoms with E-state index in [1.54, 1.807) is 18.1 Å². The number of hydrogen-bond acceptors (Lipinski definition) is 6. The van der Waals surface area contributed by atoms with Crippen LogP contribution in [0, 0.1) is 0 Å². The fourth-order valence-electron chi connectivity index (χ4n) is 3.72.